The Morgan fingerprint density at radius 1 is 1.47 bits per heavy atom. The largest absolute Gasteiger partial charge is 0.493 e. The Bertz CT molecular complexity index is 462. The number of hydrogen-bond donors (Lipinski definition) is 2. The van der Waals surface area contributed by atoms with E-state index in [0.29, 0.717) is 19.6 Å². The highest BCUT2D eigenvalue weighted by molar-refractivity contribution is 5.87. The molecule has 1 aromatic carbocycles. The number of fused-ring (bicyclic) bond motifs is 1. The maximum atomic E-state index is 12.0. The maximum Gasteiger partial charge on any atom is 0.242 e. The molecule has 0 fully saturated rings. The lowest BCUT2D eigenvalue weighted by molar-refractivity contribution is -0.126. The average Bonchev–Trinajstić information content (AvgIpc) is 2.38. The molecule has 1 aliphatic rings. The number of nitrogens with one attached hydrogen (secondary N) is 1. The van der Waals surface area contributed by atoms with Crippen molar-refractivity contribution in [1.82, 2.24) is 10.2 Å². The summed E-state index contributed by atoms with van der Waals surface area (Å²) in [6.45, 7) is 2.04. The van der Waals surface area contributed by atoms with Crippen molar-refractivity contribution >= 4 is 5.91 Å². The lowest BCUT2D eigenvalue weighted by atomic mass is 9.83. The molecule has 0 radical (unpaired) electrons. The van der Waals surface area contributed by atoms with E-state index in [4.69, 9.17) is 10.5 Å². The van der Waals surface area contributed by atoms with Crippen LogP contribution in [0.15, 0.2) is 24.3 Å². The topological polar surface area (TPSA) is 67.6 Å². The van der Waals surface area contributed by atoms with Gasteiger partial charge in [-0.15, -0.1) is 0 Å². The molecule has 5 nitrogen and oxygen atoms in total. The highest BCUT2D eigenvalue weighted by Crippen LogP contribution is 2.36. The van der Waals surface area contributed by atoms with E-state index in [1.54, 1.807) is 0 Å². The SMILES string of the molecule is CN(C)CCNC1(C(N)=O)CCOc2ccccc21. The first-order valence-electron chi connectivity index (χ1n) is 6.48. The number of carbonyl (C=O) groups is 1. The van der Waals surface area contributed by atoms with Gasteiger partial charge in [-0.25, -0.2) is 0 Å². The zero-order valence-electron chi connectivity index (χ0n) is 11.5. The molecular formula is C14H21N3O2. The van der Waals surface area contributed by atoms with Crippen molar-refractivity contribution in [2.45, 2.75) is 12.0 Å². The van der Waals surface area contributed by atoms with Crippen LogP contribution in [0, 0.1) is 0 Å². The number of nitrogens with zero attached hydrogens (tertiary/aromatic N) is 1. The van der Waals surface area contributed by atoms with Crippen molar-refractivity contribution in [3.05, 3.63) is 29.8 Å². The van der Waals surface area contributed by atoms with Gasteiger partial charge in [-0.05, 0) is 20.2 Å². The molecule has 1 unspecified atom stereocenters. The molecule has 1 heterocycles. The predicted molar refractivity (Wildman–Crippen MR) is 74.0 cm³/mol. The summed E-state index contributed by atoms with van der Waals surface area (Å²) in [5, 5.41) is 3.33. The number of likely N-dealkylation sites (N-methyl/N-ethyl adjacent to an activating group) is 1. The van der Waals surface area contributed by atoms with Crippen molar-refractivity contribution in [3.63, 3.8) is 0 Å². The van der Waals surface area contributed by atoms with Gasteiger partial charge in [-0.2, -0.15) is 0 Å². The number of benzene rings is 1. The molecule has 0 bridgehead atoms. The second-order valence-corrected chi connectivity index (χ2v) is 5.09. The fourth-order valence-corrected chi connectivity index (χ4v) is 2.41. The van der Waals surface area contributed by atoms with Gasteiger partial charge in [-0.3, -0.25) is 10.1 Å². The van der Waals surface area contributed by atoms with Gasteiger partial charge in [0, 0.05) is 25.1 Å². The number of ether oxygens (including phenoxy) is 1. The average molecular weight is 263 g/mol. The lowest BCUT2D eigenvalue weighted by Gasteiger charge is -2.37. The second-order valence-electron chi connectivity index (χ2n) is 5.09. The Kier molecular flexibility index (Phi) is 4.07. The van der Waals surface area contributed by atoms with Crippen LogP contribution in [0.3, 0.4) is 0 Å². The van der Waals surface area contributed by atoms with Crippen molar-refractivity contribution < 1.29 is 9.53 Å². The van der Waals surface area contributed by atoms with Crippen LogP contribution in [0.1, 0.15) is 12.0 Å². The Morgan fingerprint density at radius 2 is 2.21 bits per heavy atom. The molecule has 1 atom stereocenters. The highest BCUT2D eigenvalue weighted by Gasteiger charge is 2.42. The van der Waals surface area contributed by atoms with Crippen LogP contribution in [-0.4, -0.2) is 44.6 Å². The normalized spacial score (nSPS) is 21.8. The molecule has 0 aliphatic carbocycles. The van der Waals surface area contributed by atoms with Crippen LogP contribution < -0.4 is 15.8 Å². The number of primary amides is 1. The summed E-state index contributed by atoms with van der Waals surface area (Å²) in [4.78, 5) is 14.1. The van der Waals surface area contributed by atoms with E-state index in [1.165, 1.54) is 0 Å². The first kappa shape index (κ1) is 13.8. The standard InChI is InChI=1S/C14H21N3O2/c1-17(2)9-8-16-14(13(15)18)7-10-19-12-6-4-3-5-11(12)14/h3-6,16H,7-10H2,1-2H3,(H2,15,18). The van der Waals surface area contributed by atoms with Gasteiger partial charge in [-0.1, -0.05) is 18.2 Å². The summed E-state index contributed by atoms with van der Waals surface area (Å²) in [7, 11) is 3.99. The van der Waals surface area contributed by atoms with E-state index in [9.17, 15) is 4.79 Å². The molecule has 3 N–H and O–H groups in total. The molecule has 1 aromatic rings. The molecule has 19 heavy (non-hydrogen) atoms. The minimum atomic E-state index is -0.815. The van der Waals surface area contributed by atoms with Crippen LogP contribution in [-0.2, 0) is 10.3 Å². The molecule has 0 saturated heterocycles. The van der Waals surface area contributed by atoms with Gasteiger partial charge in [0.15, 0.2) is 0 Å². The van der Waals surface area contributed by atoms with Gasteiger partial charge >= 0.3 is 0 Å². The van der Waals surface area contributed by atoms with E-state index in [1.807, 2.05) is 38.4 Å². The fraction of sp³-hybridized carbons (Fsp3) is 0.500. The molecule has 1 aliphatic heterocycles. The van der Waals surface area contributed by atoms with Gasteiger partial charge in [0.05, 0.1) is 6.61 Å². The van der Waals surface area contributed by atoms with E-state index in [-0.39, 0.29) is 5.91 Å². The van der Waals surface area contributed by atoms with Crippen LogP contribution in [0.5, 0.6) is 5.75 Å². The van der Waals surface area contributed by atoms with Gasteiger partial charge in [0.2, 0.25) is 5.91 Å². The number of carbonyl (C=O) groups excluding carboxylic acids is 1. The Labute approximate surface area is 113 Å². The predicted octanol–water partition coefficient (Wildman–Crippen LogP) is 0.301. The molecule has 0 saturated carbocycles. The molecule has 104 valence electrons. The van der Waals surface area contributed by atoms with Crippen molar-refractivity contribution in [1.29, 1.82) is 0 Å². The highest BCUT2D eigenvalue weighted by atomic mass is 16.5. The van der Waals surface area contributed by atoms with Gasteiger partial charge in [0.1, 0.15) is 11.3 Å². The van der Waals surface area contributed by atoms with Crippen molar-refractivity contribution in [3.8, 4) is 5.75 Å². The third-order valence-corrected chi connectivity index (χ3v) is 3.49. The Balaban J connectivity index is 2.28. The molecular weight excluding hydrogens is 242 g/mol. The van der Waals surface area contributed by atoms with E-state index in [0.717, 1.165) is 17.9 Å². The number of para-hydroxylation sites is 1. The minimum absolute atomic E-state index is 0.345. The van der Waals surface area contributed by atoms with E-state index in [2.05, 4.69) is 10.2 Å². The van der Waals surface area contributed by atoms with Gasteiger partial charge in [0.25, 0.3) is 0 Å². The summed E-state index contributed by atoms with van der Waals surface area (Å²) in [5.41, 5.74) is 5.69. The number of rotatable bonds is 5. The first-order chi connectivity index (χ1) is 9.06. The molecule has 0 aromatic heterocycles. The molecule has 0 spiro atoms. The van der Waals surface area contributed by atoms with Gasteiger partial charge < -0.3 is 15.4 Å². The minimum Gasteiger partial charge on any atom is -0.493 e. The zero-order valence-corrected chi connectivity index (χ0v) is 11.5. The quantitative estimate of drug-likeness (QED) is 0.802. The number of amides is 1. The maximum absolute atomic E-state index is 12.0. The monoisotopic (exact) mass is 263 g/mol. The number of nitrogens with two attached hydrogens (primary N) is 1. The van der Waals surface area contributed by atoms with E-state index >= 15 is 0 Å². The number of hydrogen-bond acceptors (Lipinski definition) is 4. The third kappa shape index (κ3) is 2.72. The summed E-state index contributed by atoms with van der Waals surface area (Å²) >= 11 is 0. The summed E-state index contributed by atoms with van der Waals surface area (Å²) in [6, 6.07) is 7.58. The summed E-state index contributed by atoms with van der Waals surface area (Å²) < 4.78 is 5.60. The van der Waals surface area contributed by atoms with E-state index < -0.39 is 5.54 Å². The zero-order chi connectivity index (χ0) is 13.9. The Hall–Kier alpha value is -1.59. The smallest absolute Gasteiger partial charge is 0.242 e. The molecule has 2 rings (SSSR count). The summed E-state index contributed by atoms with van der Waals surface area (Å²) in [6.07, 6.45) is 0.562. The molecule has 5 heteroatoms. The van der Waals surface area contributed by atoms with Crippen molar-refractivity contribution in [2.75, 3.05) is 33.8 Å². The molecule has 1 amide bonds. The lowest BCUT2D eigenvalue weighted by Crippen LogP contribution is -2.56. The van der Waals surface area contributed by atoms with Crippen molar-refractivity contribution in [2.24, 2.45) is 5.73 Å². The fourth-order valence-electron chi connectivity index (χ4n) is 2.41. The van der Waals surface area contributed by atoms with Crippen LogP contribution in [0.4, 0.5) is 0 Å². The van der Waals surface area contributed by atoms with Crippen LogP contribution in [0.25, 0.3) is 0 Å². The van der Waals surface area contributed by atoms with Crippen LogP contribution >= 0.6 is 0 Å². The second kappa shape index (κ2) is 5.59. The third-order valence-electron chi connectivity index (χ3n) is 3.49. The first-order valence-corrected chi connectivity index (χ1v) is 6.48. The Morgan fingerprint density at radius 3 is 2.89 bits per heavy atom. The summed E-state index contributed by atoms with van der Waals surface area (Å²) in [5.74, 6) is 0.395. The van der Waals surface area contributed by atoms with Crippen LogP contribution in [0.2, 0.25) is 0 Å².